The van der Waals surface area contributed by atoms with Crippen molar-refractivity contribution < 1.29 is 9.53 Å². The fourth-order valence-electron chi connectivity index (χ4n) is 3.55. The van der Waals surface area contributed by atoms with Crippen molar-refractivity contribution in [2.75, 3.05) is 19.8 Å². The molecule has 0 atom stereocenters. The maximum atomic E-state index is 12.0. The number of halogens is 2. The molecule has 10 heteroatoms. The lowest BCUT2D eigenvalue weighted by molar-refractivity contribution is -0.143. The van der Waals surface area contributed by atoms with Gasteiger partial charge in [0.2, 0.25) is 5.91 Å². The summed E-state index contributed by atoms with van der Waals surface area (Å²) in [4.78, 5) is 23.0. The number of aromatic nitrogens is 5. The second-order valence-electron chi connectivity index (χ2n) is 6.69. The fraction of sp³-hybridized carbons (Fsp3) is 0.333. The van der Waals surface area contributed by atoms with Gasteiger partial charge in [0.25, 0.3) is 0 Å². The van der Waals surface area contributed by atoms with Crippen LogP contribution in [0.1, 0.15) is 17.2 Å². The molecule has 1 saturated heterocycles. The van der Waals surface area contributed by atoms with Crippen LogP contribution in [0, 0.1) is 6.92 Å². The summed E-state index contributed by atoms with van der Waals surface area (Å²) in [5, 5.41) is 4.70. The largest absolute Gasteiger partial charge is 0.370 e. The minimum atomic E-state index is -0.0247. The zero-order valence-corrected chi connectivity index (χ0v) is 17.5. The highest BCUT2D eigenvalue weighted by molar-refractivity contribution is 9.10. The molecule has 3 aromatic rings. The number of ether oxygens (including phenoxy) is 1. The first-order chi connectivity index (χ1) is 13.1. The number of hydrogen-bond donors (Lipinski definition) is 0. The van der Waals surface area contributed by atoms with Crippen LogP contribution in [-0.2, 0) is 22.6 Å². The molecule has 1 aromatic carbocycles. The lowest BCUT2D eigenvalue weighted by Crippen LogP contribution is -2.41. The minimum absolute atomic E-state index is 0. The van der Waals surface area contributed by atoms with E-state index in [1.165, 1.54) is 0 Å². The van der Waals surface area contributed by atoms with Crippen LogP contribution in [0.4, 0.5) is 0 Å². The summed E-state index contributed by atoms with van der Waals surface area (Å²) in [7, 11) is 0. The molecule has 146 valence electrons. The van der Waals surface area contributed by atoms with Gasteiger partial charge >= 0.3 is 0 Å². The first-order valence-electron chi connectivity index (χ1n) is 8.72. The SMILES string of the molecule is Cc1ncn2c1Cn1nc(CN3CCOCC3=O)nc1-c1cc(Br)ccc1-2.Cl. The number of hydrogen-bond acceptors (Lipinski definition) is 5. The predicted molar refractivity (Wildman–Crippen MR) is 108 cm³/mol. The molecule has 2 aliphatic rings. The molecule has 2 aromatic heterocycles. The van der Waals surface area contributed by atoms with Gasteiger partial charge in [-0.25, -0.2) is 14.6 Å². The van der Waals surface area contributed by atoms with E-state index in [2.05, 4.69) is 31.5 Å². The Bertz CT molecular complexity index is 1060. The zero-order chi connectivity index (χ0) is 18.5. The van der Waals surface area contributed by atoms with E-state index in [-0.39, 0.29) is 24.9 Å². The maximum absolute atomic E-state index is 12.0. The molecule has 0 saturated carbocycles. The summed E-state index contributed by atoms with van der Waals surface area (Å²) >= 11 is 3.56. The van der Waals surface area contributed by atoms with Crippen LogP contribution in [-0.4, -0.2) is 54.9 Å². The number of rotatable bonds is 2. The summed E-state index contributed by atoms with van der Waals surface area (Å²) < 4.78 is 10.2. The van der Waals surface area contributed by atoms with Crippen molar-refractivity contribution in [1.82, 2.24) is 29.2 Å². The first-order valence-corrected chi connectivity index (χ1v) is 9.52. The van der Waals surface area contributed by atoms with Gasteiger partial charge in [-0.2, -0.15) is 5.10 Å². The van der Waals surface area contributed by atoms with Crippen molar-refractivity contribution in [1.29, 1.82) is 0 Å². The maximum Gasteiger partial charge on any atom is 0.249 e. The molecule has 0 N–H and O–H groups in total. The number of benzene rings is 1. The van der Waals surface area contributed by atoms with Crippen LogP contribution < -0.4 is 0 Å². The molecule has 1 amide bonds. The minimum Gasteiger partial charge on any atom is -0.370 e. The normalized spacial score (nSPS) is 15.4. The lowest BCUT2D eigenvalue weighted by atomic mass is 10.1. The molecular weight excluding hydrogens is 448 g/mol. The van der Waals surface area contributed by atoms with Gasteiger partial charge in [-0.15, -0.1) is 12.4 Å². The van der Waals surface area contributed by atoms with Crippen LogP contribution >= 0.6 is 28.3 Å². The van der Waals surface area contributed by atoms with Gasteiger partial charge in [-0.3, -0.25) is 4.79 Å². The van der Waals surface area contributed by atoms with E-state index in [0.717, 1.165) is 32.9 Å². The van der Waals surface area contributed by atoms with E-state index in [4.69, 9.17) is 14.8 Å². The number of fused-ring (bicyclic) bond motifs is 5. The molecule has 8 nitrogen and oxygen atoms in total. The number of carbonyl (C=O) groups is 1. The van der Waals surface area contributed by atoms with Gasteiger partial charge in [-0.05, 0) is 25.1 Å². The molecule has 0 unspecified atom stereocenters. The highest BCUT2D eigenvalue weighted by Crippen LogP contribution is 2.33. The third kappa shape index (κ3) is 3.13. The van der Waals surface area contributed by atoms with E-state index in [1.807, 2.05) is 30.1 Å². The second-order valence-corrected chi connectivity index (χ2v) is 7.60. The van der Waals surface area contributed by atoms with Crippen molar-refractivity contribution in [3.8, 4) is 17.1 Å². The Morgan fingerprint density at radius 3 is 3.00 bits per heavy atom. The van der Waals surface area contributed by atoms with Crippen molar-refractivity contribution in [3.63, 3.8) is 0 Å². The monoisotopic (exact) mass is 464 g/mol. The first kappa shape index (κ1) is 19.1. The third-order valence-electron chi connectivity index (χ3n) is 4.97. The average Bonchev–Trinajstić information content (AvgIpc) is 3.18. The summed E-state index contributed by atoms with van der Waals surface area (Å²) in [5.41, 5.74) is 4.05. The molecule has 0 bridgehead atoms. The quantitative estimate of drug-likeness (QED) is 0.454. The molecule has 5 rings (SSSR count). The number of aryl methyl sites for hydroxylation is 1. The summed E-state index contributed by atoms with van der Waals surface area (Å²) in [6.07, 6.45) is 1.84. The Labute approximate surface area is 176 Å². The van der Waals surface area contributed by atoms with Crippen LogP contribution in [0.15, 0.2) is 29.0 Å². The van der Waals surface area contributed by atoms with Crippen LogP contribution in [0.3, 0.4) is 0 Å². The Hall–Kier alpha value is -2.23. The zero-order valence-electron chi connectivity index (χ0n) is 15.1. The summed E-state index contributed by atoms with van der Waals surface area (Å²) in [6, 6.07) is 6.11. The molecule has 28 heavy (non-hydrogen) atoms. The second kappa shape index (κ2) is 7.31. The standard InChI is InChI=1S/C18H17BrN6O2.ClH/c1-11-15-7-25-18(13-6-12(19)2-3-14(13)24(15)10-20-11)21-16(22-25)8-23-4-5-27-9-17(23)26;/h2-3,6,10H,4-5,7-9H2,1H3;1H. The smallest absolute Gasteiger partial charge is 0.249 e. The van der Waals surface area contributed by atoms with Crippen molar-refractivity contribution in [2.24, 2.45) is 0 Å². The molecule has 0 aliphatic carbocycles. The van der Waals surface area contributed by atoms with Gasteiger partial charge in [0.15, 0.2) is 11.6 Å². The molecule has 0 radical (unpaired) electrons. The number of imidazole rings is 1. The van der Waals surface area contributed by atoms with Gasteiger partial charge < -0.3 is 14.2 Å². The van der Waals surface area contributed by atoms with Crippen LogP contribution in [0.25, 0.3) is 17.1 Å². The highest BCUT2D eigenvalue weighted by Gasteiger charge is 2.26. The Kier molecular flexibility index (Phi) is 4.98. The van der Waals surface area contributed by atoms with Crippen molar-refractivity contribution in [3.05, 3.63) is 46.2 Å². The summed E-state index contributed by atoms with van der Waals surface area (Å²) in [6.45, 7) is 4.22. The van der Waals surface area contributed by atoms with E-state index >= 15 is 0 Å². The molecule has 4 heterocycles. The van der Waals surface area contributed by atoms with E-state index in [9.17, 15) is 4.79 Å². The van der Waals surface area contributed by atoms with E-state index in [1.54, 1.807) is 4.90 Å². The highest BCUT2D eigenvalue weighted by atomic mass is 79.9. The van der Waals surface area contributed by atoms with Crippen molar-refractivity contribution in [2.45, 2.75) is 20.0 Å². The number of nitrogens with zero attached hydrogens (tertiary/aromatic N) is 6. The Morgan fingerprint density at radius 1 is 1.32 bits per heavy atom. The van der Waals surface area contributed by atoms with Gasteiger partial charge in [0.1, 0.15) is 6.61 Å². The topological polar surface area (TPSA) is 78.1 Å². The molecule has 0 spiro atoms. The lowest BCUT2D eigenvalue weighted by Gasteiger charge is -2.25. The molecular formula is C18H18BrClN6O2. The van der Waals surface area contributed by atoms with Crippen LogP contribution in [0.5, 0.6) is 0 Å². The van der Waals surface area contributed by atoms with Crippen molar-refractivity contribution >= 4 is 34.2 Å². The van der Waals surface area contributed by atoms with E-state index < -0.39 is 0 Å². The number of amides is 1. The molecule has 1 fully saturated rings. The Balaban J connectivity index is 0.00000192. The van der Waals surface area contributed by atoms with Crippen LogP contribution in [0.2, 0.25) is 0 Å². The number of carbonyl (C=O) groups excluding carboxylic acids is 1. The fourth-order valence-corrected chi connectivity index (χ4v) is 3.92. The van der Waals surface area contributed by atoms with Gasteiger partial charge in [-0.1, -0.05) is 15.9 Å². The number of morpholine rings is 1. The Morgan fingerprint density at radius 2 is 2.18 bits per heavy atom. The van der Waals surface area contributed by atoms with Gasteiger partial charge in [0, 0.05) is 16.6 Å². The summed E-state index contributed by atoms with van der Waals surface area (Å²) in [5.74, 6) is 1.41. The predicted octanol–water partition coefficient (Wildman–Crippen LogP) is 2.34. The third-order valence-corrected chi connectivity index (χ3v) is 5.46. The molecule has 2 aliphatic heterocycles. The average molecular weight is 466 g/mol. The van der Waals surface area contributed by atoms with Gasteiger partial charge in [0.05, 0.1) is 43.1 Å². The van der Waals surface area contributed by atoms with E-state index in [0.29, 0.717) is 32.1 Å².